The molecule has 0 unspecified atom stereocenters. The Morgan fingerprint density at radius 2 is 1.90 bits per heavy atom. The second kappa shape index (κ2) is 8.69. The normalized spacial score (nSPS) is 20.0. The van der Waals surface area contributed by atoms with Crippen molar-refractivity contribution in [2.24, 2.45) is 0 Å². The molecule has 1 heterocycles. The maximum absolute atomic E-state index is 12.6. The van der Waals surface area contributed by atoms with E-state index >= 15 is 0 Å². The van der Waals surface area contributed by atoms with Gasteiger partial charge in [-0.1, -0.05) is 18.9 Å². The number of benzene rings is 1. The first-order chi connectivity index (χ1) is 14.9. The third kappa shape index (κ3) is 4.43. The van der Waals surface area contributed by atoms with Gasteiger partial charge in [0.25, 0.3) is 11.8 Å². The average Bonchev–Trinajstić information content (AvgIpc) is 3.44. The number of carbonyl (C=O) groups excluding carboxylic acids is 4. The number of amides is 4. The fourth-order valence-electron chi connectivity index (χ4n) is 4.78. The SMILES string of the molecule is C[C@H](OC(=O)CCCN1C(=O)NC2(CCCC2)C1=O)C(=O)Nc1ccc2c(c1)CCC2. The largest absolute Gasteiger partial charge is 0.453 e. The van der Waals surface area contributed by atoms with Gasteiger partial charge in [0.05, 0.1) is 0 Å². The Labute approximate surface area is 181 Å². The van der Waals surface area contributed by atoms with E-state index in [9.17, 15) is 19.2 Å². The molecule has 1 atom stereocenters. The fourth-order valence-corrected chi connectivity index (χ4v) is 4.78. The van der Waals surface area contributed by atoms with E-state index in [1.54, 1.807) is 0 Å². The number of rotatable bonds is 7. The topological polar surface area (TPSA) is 105 Å². The van der Waals surface area contributed by atoms with Gasteiger partial charge in [0, 0.05) is 18.7 Å². The lowest BCUT2D eigenvalue weighted by Crippen LogP contribution is -2.44. The third-order valence-corrected chi connectivity index (χ3v) is 6.51. The zero-order valence-corrected chi connectivity index (χ0v) is 17.9. The highest BCUT2D eigenvalue weighted by Gasteiger charge is 2.52. The van der Waals surface area contributed by atoms with Gasteiger partial charge in [-0.3, -0.25) is 19.3 Å². The van der Waals surface area contributed by atoms with E-state index in [2.05, 4.69) is 10.6 Å². The highest BCUT2D eigenvalue weighted by Crippen LogP contribution is 2.35. The van der Waals surface area contributed by atoms with Crippen LogP contribution in [0.3, 0.4) is 0 Å². The molecule has 0 radical (unpaired) electrons. The van der Waals surface area contributed by atoms with E-state index in [0.29, 0.717) is 24.9 Å². The van der Waals surface area contributed by atoms with Crippen LogP contribution in [-0.4, -0.2) is 46.9 Å². The van der Waals surface area contributed by atoms with E-state index in [-0.39, 0.29) is 30.8 Å². The van der Waals surface area contributed by atoms with Gasteiger partial charge in [-0.2, -0.15) is 0 Å². The number of anilines is 1. The molecule has 166 valence electrons. The molecule has 1 spiro atoms. The molecule has 1 saturated carbocycles. The van der Waals surface area contributed by atoms with Crippen LogP contribution in [0.1, 0.15) is 63.0 Å². The molecule has 0 aromatic heterocycles. The minimum atomic E-state index is -0.931. The second-order valence-electron chi connectivity index (χ2n) is 8.74. The Hall–Kier alpha value is -2.90. The van der Waals surface area contributed by atoms with Gasteiger partial charge in [0.1, 0.15) is 5.54 Å². The summed E-state index contributed by atoms with van der Waals surface area (Å²) in [6.07, 6.45) is 5.82. The molecule has 1 aliphatic heterocycles. The van der Waals surface area contributed by atoms with Gasteiger partial charge >= 0.3 is 12.0 Å². The number of fused-ring (bicyclic) bond motifs is 1. The van der Waals surface area contributed by atoms with Crippen LogP contribution in [0.4, 0.5) is 10.5 Å². The van der Waals surface area contributed by atoms with E-state index in [0.717, 1.165) is 32.1 Å². The Kier molecular flexibility index (Phi) is 5.98. The van der Waals surface area contributed by atoms with Crippen molar-refractivity contribution in [1.82, 2.24) is 10.2 Å². The number of nitrogens with zero attached hydrogens (tertiary/aromatic N) is 1. The molecule has 0 bridgehead atoms. The molecule has 31 heavy (non-hydrogen) atoms. The van der Waals surface area contributed by atoms with Crippen molar-refractivity contribution in [3.05, 3.63) is 29.3 Å². The summed E-state index contributed by atoms with van der Waals surface area (Å²) in [5.41, 5.74) is 2.54. The number of ether oxygens (including phenoxy) is 1. The Morgan fingerprint density at radius 1 is 1.16 bits per heavy atom. The van der Waals surface area contributed by atoms with Gasteiger partial charge in [-0.05, 0) is 68.7 Å². The summed E-state index contributed by atoms with van der Waals surface area (Å²) >= 11 is 0. The Balaban J connectivity index is 1.21. The number of hydrogen-bond acceptors (Lipinski definition) is 5. The summed E-state index contributed by atoms with van der Waals surface area (Å²) in [5, 5.41) is 5.62. The predicted octanol–water partition coefficient (Wildman–Crippen LogP) is 2.69. The highest BCUT2D eigenvalue weighted by atomic mass is 16.5. The van der Waals surface area contributed by atoms with E-state index < -0.39 is 17.6 Å². The summed E-state index contributed by atoms with van der Waals surface area (Å²) in [5.74, 6) is -1.10. The molecule has 8 heteroatoms. The standard InChI is InChI=1S/C23H29N3O5/c1-15(20(28)24-18-10-9-16-6-4-7-17(16)14-18)31-19(27)8-5-13-26-21(29)23(25-22(26)30)11-2-3-12-23/h9-10,14-15H,2-8,11-13H2,1H3,(H,24,28)(H,25,30)/t15-/m0/s1. The fraction of sp³-hybridized carbons (Fsp3) is 0.565. The molecule has 8 nitrogen and oxygen atoms in total. The molecule has 4 rings (SSSR count). The average molecular weight is 428 g/mol. The quantitative estimate of drug-likeness (QED) is 0.514. The van der Waals surface area contributed by atoms with Crippen molar-refractivity contribution in [2.45, 2.75) is 76.4 Å². The van der Waals surface area contributed by atoms with E-state index in [1.807, 2.05) is 18.2 Å². The summed E-state index contributed by atoms with van der Waals surface area (Å²) in [6.45, 7) is 1.69. The zero-order valence-electron chi connectivity index (χ0n) is 17.9. The van der Waals surface area contributed by atoms with E-state index in [1.165, 1.54) is 23.0 Å². The number of nitrogens with one attached hydrogen (secondary N) is 2. The third-order valence-electron chi connectivity index (χ3n) is 6.51. The predicted molar refractivity (Wildman–Crippen MR) is 113 cm³/mol. The van der Waals surface area contributed by atoms with Gasteiger partial charge in [0.15, 0.2) is 6.10 Å². The monoisotopic (exact) mass is 427 g/mol. The molecule has 2 aliphatic carbocycles. The molecule has 2 N–H and O–H groups in total. The van der Waals surface area contributed by atoms with Crippen molar-refractivity contribution in [2.75, 3.05) is 11.9 Å². The first-order valence-corrected chi connectivity index (χ1v) is 11.1. The van der Waals surface area contributed by atoms with Gasteiger partial charge in [-0.15, -0.1) is 0 Å². The van der Waals surface area contributed by atoms with Crippen molar-refractivity contribution in [3.8, 4) is 0 Å². The minimum absolute atomic E-state index is 0.0283. The number of esters is 1. The van der Waals surface area contributed by atoms with Crippen LogP contribution >= 0.6 is 0 Å². The number of aryl methyl sites for hydroxylation is 2. The summed E-state index contributed by atoms with van der Waals surface area (Å²) in [6, 6.07) is 5.48. The van der Waals surface area contributed by atoms with Crippen molar-refractivity contribution in [3.63, 3.8) is 0 Å². The molecule has 1 saturated heterocycles. The lowest BCUT2D eigenvalue weighted by molar-refractivity contribution is -0.153. The smallest absolute Gasteiger partial charge is 0.325 e. The summed E-state index contributed by atoms with van der Waals surface area (Å²) < 4.78 is 5.23. The van der Waals surface area contributed by atoms with Crippen LogP contribution in [-0.2, 0) is 32.0 Å². The molecule has 1 aromatic carbocycles. The summed E-state index contributed by atoms with van der Waals surface area (Å²) in [4.78, 5) is 50.5. The van der Waals surface area contributed by atoms with Crippen molar-refractivity contribution < 1.29 is 23.9 Å². The summed E-state index contributed by atoms with van der Waals surface area (Å²) in [7, 11) is 0. The van der Waals surface area contributed by atoms with Gasteiger partial charge in [-0.25, -0.2) is 4.79 Å². The number of imide groups is 1. The lowest BCUT2D eigenvalue weighted by atomic mass is 9.98. The lowest BCUT2D eigenvalue weighted by Gasteiger charge is -2.20. The van der Waals surface area contributed by atoms with Crippen LogP contribution in [0.5, 0.6) is 0 Å². The Morgan fingerprint density at radius 3 is 2.68 bits per heavy atom. The maximum atomic E-state index is 12.6. The molecule has 4 amide bonds. The minimum Gasteiger partial charge on any atom is -0.453 e. The number of carbonyl (C=O) groups is 4. The van der Waals surface area contributed by atoms with Gasteiger partial charge in [0.2, 0.25) is 0 Å². The second-order valence-corrected chi connectivity index (χ2v) is 8.74. The van der Waals surface area contributed by atoms with Crippen LogP contribution in [0, 0.1) is 0 Å². The van der Waals surface area contributed by atoms with Crippen LogP contribution in [0.25, 0.3) is 0 Å². The van der Waals surface area contributed by atoms with Gasteiger partial charge < -0.3 is 15.4 Å². The first-order valence-electron chi connectivity index (χ1n) is 11.1. The van der Waals surface area contributed by atoms with Crippen LogP contribution in [0.2, 0.25) is 0 Å². The number of hydrogen-bond donors (Lipinski definition) is 2. The highest BCUT2D eigenvalue weighted by molar-refractivity contribution is 6.07. The molecule has 1 aromatic rings. The molecule has 3 aliphatic rings. The molecular formula is C23H29N3O5. The molecule has 2 fully saturated rings. The number of urea groups is 1. The maximum Gasteiger partial charge on any atom is 0.325 e. The zero-order chi connectivity index (χ0) is 22.0. The van der Waals surface area contributed by atoms with Crippen molar-refractivity contribution in [1.29, 1.82) is 0 Å². The van der Waals surface area contributed by atoms with Crippen molar-refractivity contribution >= 4 is 29.5 Å². The Bertz CT molecular complexity index is 906. The van der Waals surface area contributed by atoms with Crippen LogP contribution in [0.15, 0.2) is 18.2 Å². The van der Waals surface area contributed by atoms with E-state index in [4.69, 9.17) is 4.74 Å². The van der Waals surface area contributed by atoms with Crippen LogP contribution < -0.4 is 10.6 Å². The first kappa shape index (κ1) is 21.3. The molecular weight excluding hydrogens is 398 g/mol.